The van der Waals surface area contributed by atoms with Gasteiger partial charge in [0.1, 0.15) is 5.60 Å². The lowest BCUT2D eigenvalue weighted by Gasteiger charge is -2.24. The number of amides is 2. The van der Waals surface area contributed by atoms with Crippen LogP contribution >= 0.6 is 0 Å². The largest absolute Gasteiger partial charge is 0.444 e. The molecule has 1 N–H and O–H groups in total. The Balaban J connectivity index is 2.94. The first-order valence-electron chi connectivity index (χ1n) is 7.88. The summed E-state index contributed by atoms with van der Waals surface area (Å²) in [7, 11) is -0.525. The van der Waals surface area contributed by atoms with Crippen molar-refractivity contribution in [1.82, 2.24) is 10.2 Å². The van der Waals surface area contributed by atoms with Gasteiger partial charge < -0.3 is 15.0 Å². The molecular formula is C17H26N2O5S. The molecule has 140 valence electrons. The zero-order valence-corrected chi connectivity index (χ0v) is 16.1. The lowest BCUT2D eigenvalue weighted by Crippen LogP contribution is -2.45. The zero-order chi connectivity index (χ0) is 19.3. The Morgan fingerprint density at radius 3 is 2.20 bits per heavy atom. The Bertz CT molecular complexity index is 693. The fraction of sp³-hybridized carbons (Fsp3) is 0.529. The van der Waals surface area contributed by atoms with Crippen LogP contribution in [0.5, 0.6) is 0 Å². The van der Waals surface area contributed by atoms with Crippen LogP contribution in [-0.2, 0) is 19.4 Å². The van der Waals surface area contributed by atoms with E-state index in [4.69, 9.17) is 4.74 Å². The maximum Gasteiger partial charge on any atom is 0.407 e. The fourth-order valence-electron chi connectivity index (χ4n) is 2.01. The van der Waals surface area contributed by atoms with Gasteiger partial charge in [-0.2, -0.15) is 0 Å². The highest BCUT2D eigenvalue weighted by Gasteiger charge is 2.27. The van der Waals surface area contributed by atoms with Crippen molar-refractivity contribution in [2.75, 3.05) is 19.8 Å². The highest BCUT2D eigenvalue weighted by Crippen LogP contribution is 2.14. The van der Waals surface area contributed by atoms with Gasteiger partial charge >= 0.3 is 6.09 Å². The third-order valence-corrected chi connectivity index (χ3v) is 5.00. The van der Waals surface area contributed by atoms with Crippen LogP contribution in [0, 0.1) is 0 Å². The van der Waals surface area contributed by atoms with Crippen molar-refractivity contribution in [3.63, 3.8) is 0 Å². The third-order valence-electron chi connectivity index (χ3n) is 3.16. The van der Waals surface area contributed by atoms with Gasteiger partial charge in [0.05, 0.1) is 16.7 Å². The Labute approximate surface area is 149 Å². The smallest absolute Gasteiger partial charge is 0.407 e. The van der Waals surface area contributed by atoms with Crippen LogP contribution in [0.15, 0.2) is 35.2 Å². The number of nitrogens with zero attached hydrogens (tertiary/aromatic N) is 1. The van der Waals surface area contributed by atoms with Crippen molar-refractivity contribution in [3.05, 3.63) is 30.3 Å². The Kier molecular flexibility index (Phi) is 6.98. The maximum atomic E-state index is 12.5. The van der Waals surface area contributed by atoms with Gasteiger partial charge in [-0.05, 0) is 32.9 Å². The molecule has 0 aliphatic rings. The zero-order valence-electron chi connectivity index (χ0n) is 15.3. The summed E-state index contributed by atoms with van der Waals surface area (Å²) in [6.45, 7) is 5.10. The van der Waals surface area contributed by atoms with E-state index >= 15 is 0 Å². The molecule has 0 radical (unpaired) electrons. The molecule has 1 aromatic carbocycles. The molecule has 25 heavy (non-hydrogen) atoms. The number of alkyl carbamates (subject to hydrolysis) is 1. The Hall–Kier alpha value is -2.09. The highest BCUT2D eigenvalue weighted by atomic mass is 32.2. The molecule has 0 aliphatic heterocycles. The van der Waals surface area contributed by atoms with Crippen molar-refractivity contribution >= 4 is 21.8 Å². The summed E-state index contributed by atoms with van der Waals surface area (Å²) >= 11 is 0. The van der Waals surface area contributed by atoms with Crippen LogP contribution < -0.4 is 5.32 Å². The van der Waals surface area contributed by atoms with Crippen LogP contribution in [0.1, 0.15) is 27.2 Å². The van der Waals surface area contributed by atoms with Crippen molar-refractivity contribution in [2.45, 2.75) is 43.7 Å². The molecule has 1 atom stereocenters. The van der Waals surface area contributed by atoms with Crippen LogP contribution in [0.4, 0.5) is 4.79 Å². The molecule has 0 heterocycles. The number of carbonyl (C=O) groups is 2. The molecule has 0 saturated heterocycles. The quantitative estimate of drug-likeness (QED) is 0.825. The molecule has 1 aromatic rings. The van der Waals surface area contributed by atoms with Gasteiger partial charge in [-0.3, -0.25) is 4.79 Å². The van der Waals surface area contributed by atoms with Gasteiger partial charge in [0.2, 0.25) is 5.91 Å². The third kappa shape index (κ3) is 7.55. The van der Waals surface area contributed by atoms with E-state index in [9.17, 15) is 18.0 Å². The van der Waals surface area contributed by atoms with Gasteiger partial charge in [0, 0.05) is 20.5 Å². The number of rotatable bonds is 6. The number of ether oxygens (including phenoxy) is 1. The lowest BCUT2D eigenvalue weighted by atomic mass is 10.2. The predicted molar refractivity (Wildman–Crippen MR) is 95.0 cm³/mol. The molecule has 0 saturated carbocycles. The van der Waals surface area contributed by atoms with Gasteiger partial charge in [-0.15, -0.1) is 0 Å². The standard InChI is InChI=1S/C17H26N2O5S/c1-17(2,3)24-16(21)18-13(11-15(20)19(4)5)12-25(22,23)14-9-7-6-8-10-14/h6-10,13H,11-12H2,1-5H3,(H,18,21)/t13-/m1/s1. The van der Waals surface area contributed by atoms with E-state index in [1.165, 1.54) is 17.0 Å². The average molecular weight is 370 g/mol. The SMILES string of the molecule is CN(C)C(=O)C[C@H](CS(=O)(=O)c1ccccc1)NC(=O)OC(C)(C)C. The lowest BCUT2D eigenvalue weighted by molar-refractivity contribution is -0.129. The Morgan fingerprint density at radius 1 is 1.16 bits per heavy atom. The molecule has 7 nitrogen and oxygen atoms in total. The predicted octanol–water partition coefficient (Wildman–Crippen LogP) is 1.83. The van der Waals surface area contributed by atoms with Crippen molar-refractivity contribution < 1.29 is 22.7 Å². The molecule has 0 spiro atoms. The number of nitrogens with one attached hydrogen (secondary N) is 1. The summed E-state index contributed by atoms with van der Waals surface area (Å²) in [5.74, 6) is -0.681. The normalized spacial score (nSPS) is 13.0. The van der Waals surface area contributed by atoms with E-state index in [1.54, 1.807) is 53.1 Å². The molecular weight excluding hydrogens is 344 g/mol. The number of hydrogen-bond donors (Lipinski definition) is 1. The van der Waals surface area contributed by atoms with E-state index in [0.29, 0.717) is 0 Å². The van der Waals surface area contributed by atoms with Crippen LogP contribution in [0.3, 0.4) is 0 Å². The minimum Gasteiger partial charge on any atom is -0.444 e. The van der Waals surface area contributed by atoms with Crippen molar-refractivity contribution in [2.24, 2.45) is 0 Å². The second-order valence-corrected chi connectivity index (χ2v) is 8.96. The van der Waals surface area contributed by atoms with Gasteiger partial charge in [0.15, 0.2) is 9.84 Å². The minimum atomic E-state index is -3.66. The molecule has 0 aliphatic carbocycles. The van der Waals surface area contributed by atoms with Crippen LogP contribution in [-0.4, -0.2) is 56.8 Å². The highest BCUT2D eigenvalue weighted by molar-refractivity contribution is 7.91. The second-order valence-electron chi connectivity index (χ2n) is 6.93. The van der Waals surface area contributed by atoms with Crippen LogP contribution in [0.25, 0.3) is 0 Å². The summed E-state index contributed by atoms with van der Waals surface area (Å²) in [5, 5.41) is 2.50. The molecule has 0 aromatic heterocycles. The van der Waals surface area contributed by atoms with Gasteiger partial charge in [-0.1, -0.05) is 18.2 Å². The number of hydrogen-bond acceptors (Lipinski definition) is 5. The summed E-state index contributed by atoms with van der Waals surface area (Å²) in [6, 6.07) is 7.02. The van der Waals surface area contributed by atoms with E-state index < -0.39 is 33.3 Å². The van der Waals surface area contributed by atoms with E-state index in [0.717, 1.165) is 0 Å². The van der Waals surface area contributed by atoms with Crippen molar-refractivity contribution in [3.8, 4) is 0 Å². The van der Waals surface area contributed by atoms with E-state index in [-0.39, 0.29) is 17.2 Å². The molecule has 2 amide bonds. The minimum absolute atomic E-state index is 0.141. The topological polar surface area (TPSA) is 92.8 Å². The first kappa shape index (κ1) is 21.0. The van der Waals surface area contributed by atoms with Gasteiger partial charge in [0.25, 0.3) is 0 Å². The van der Waals surface area contributed by atoms with Gasteiger partial charge in [-0.25, -0.2) is 13.2 Å². The molecule has 1 rings (SSSR count). The summed E-state index contributed by atoms with van der Waals surface area (Å²) in [4.78, 5) is 25.5. The van der Waals surface area contributed by atoms with Crippen LogP contribution in [0.2, 0.25) is 0 Å². The van der Waals surface area contributed by atoms with E-state index in [2.05, 4.69) is 5.32 Å². The molecule has 0 fully saturated rings. The first-order chi connectivity index (χ1) is 11.4. The second kappa shape index (κ2) is 8.33. The average Bonchev–Trinajstić information content (AvgIpc) is 2.45. The number of sulfone groups is 1. The summed E-state index contributed by atoms with van der Waals surface area (Å²) < 4.78 is 30.2. The van der Waals surface area contributed by atoms with E-state index in [1.807, 2.05) is 0 Å². The number of benzene rings is 1. The molecule has 8 heteroatoms. The fourth-order valence-corrected chi connectivity index (χ4v) is 3.50. The first-order valence-corrected chi connectivity index (χ1v) is 9.53. The Morgan fingerprint density at radius 2 is 1.72 bits per heavy atom. The van der Waals surface area contributed by atoms with Crippen molar-refractivity contribution in [1.29, 1.82) is 0 Å². The number of carbonyl (C=O) groups excluding carboxylic acids is 2. The molecule has 0 bridgehead atoms. The maximum absolute atomic E-state index is 12.5. The summed E-state index contributed by atoms with van der Waals surface area (Å²) in [6.07, 6.45) is -0.898. The monoisotopic (exact) mass is 370 g/mol. The molecule has 0 unspecified atom stereocenters. The summed E-state index contributed by atoms with van der Waals surface area (Å²) in [5.41, 5.74) is -0.724.